The first-order valence-electron chi connectivity index (χ1n) is 10.2. The minimum Gasteiger partial charge on any atom is -0.497 e. The van der Waals surface area contributed by atoms with Gasteiger partial charge in [-0.3, -0.25) is 4.99 Å². The number of guanidine groups is 1. The summed E-state index contributed by atoms with van der Waals surface area (Å²) in [4.78, 5) is 8.98. The van der Waals surface area contributed by atoms with E-state index >= 15 is 0 Å². The Labute approximate surface area is 171 Å². The summed E-state index contributed by atoms with van der Waals surface area (Å²) in [5.41, 5.74) is 1.56. The van der Waals surface area contributed by atoms with E-state index in [1.807, 2.05) is 23.9 Å². The molecule has 1 fully saturated rings. The Bertz CT molecular complexity index is 857. The number of ether oxygens (including phenoxy) is 2. The number of aliphatic imine (C=N–C) groups is 1. The highest BCUT2D eigenvalue weighted by Gasteiger charge is 2.44. The lowest BCUT2D eigenvalue weighted by molar-refractivity contribution is 0.177. The molecule has 8 nitrogen and oxygen atoms in total. The van der Waals surface area contributed by atoms with Gasteiger partial charge in [-0.15, -0.1) is 0 Å². The summed E-state index contributed by atoms with van der Waals surface area (Å²) in [6.45, 7) is 2.11. The molecule has 0 amide bonds. The van der Waals surface area contributed by atoms with Gasteiger partial charge in [-0.05, 0) is 37.0 Å². The van der Waals surface area contributed by atoms with E-state index in [9.17, 15) is 0 Å². The van der Waals surface area contributed by atoms with E-state index in [1.54, 1.807) is 14.2 Å². The third-order valence-corrected chi connectivity index (χ3v) is 5.89. The second-order valence-electron chi connectivity index (χ2n) is 7.87. The normalized spacial score (nSPS) is 20.1. The van der Waals surface area contributed by atoms with Crippen LogP contribution in [0.1, 0.15) is 36.5 Å². The lowest BCUT2D eigenvalue weighted by Gasteiger charge is -2.26. The molecule has 2 N–H and O–H groups in total. The molecule has 29 heavy (non-hydrogen) atoms. The summed E-state index contributed by atoms with van der Waals surface area (Å²) in [6.07, 6.45) is 4.30. The SMILES string of the molecule is CN=C(NCC1(c2ccc(OC)cc2)CC1)NC1CCc2nc(COC)nn2C1. The maximum absolute atomic E-state index is 5.28. The number of nitrogens with one attached hydrogen (secondary N) is 2. The Morgan fingerprint density at radius 3 is 2.72 bits per heavy atom. The summed E-state index contributed by atoms with van der Waals surface area (Å²) in [6, 6.07) is 8.71. The van der Waals surface area contributed by atoms with Gasteiger partial charge in [-0.25, -0.2) is 9.67 Å². The first kappa shape index (κ1) is 19.7. The molecule has 2 aliphatic rings. The zero-order valence-electron chi connectivity index (χ0n) is 17.4. The van der Waals surface area contributed by atoms with Crippen LogP contribution in [0.3, 0.4) is 0 Å². The molecule has 1 saturated carbocycles. The van der Waals surface area contributed by atoms with E-state index in [0.29, 0.717) is 6.61 Å². The van der Waals surface area contributed by atoms with E-state index in [4.69, 9.17) is 9.47 Å². The van der Waals surface area contributed by atoms with Crippen LogP contribution < -0.4 is 15.4 Å². The highest BCUT2D eigenvalue weighted by molar-refractivity contribution is 5.80. The maximum atomic E-state index is 5.28. The minimum absolute atomic E-state index is 0.199. The van der Waals surface area contributed by atoms with Crippen molar-refractivity contribution < 1.29 is 9.47 Å². The molecule has 2 aromatic rings. The summed E-state index contributed by atoms with van der Waals surface area (Å²) < 4.78 is 12.4. The van der Waals surface area contributed by atoms with Crippen LogP contribution in [0.15, 0.2) is 29.3 Å². The molecule has 4 rings (SSSR count). The smallest absolute Gasteiger partial charge is 0.191 e. The first-order chi connectivity index (χ1) is 14.2. The molecule has 1 unspecified atom stereocenters. The molecule has 1 aliphatic carbocycles. The molecule has 0 saturated heterocycles. The number of nitrogens with zero attached hydrogens (tertiary/aromatic N) is 4. The van der Waals surface area contributed by atoms with Crippen LogP contribution in [0, 0.1) is 0 Å². The number of hydrogen-bond donors (Lipinski definition) is 2. The average molecular weight is 399 g/mol. The lowest BCUT2D eigenvalue weighted by Crippen LogP contribution is -2.48. The molecular formula is C21H30N6O2. The molecule has 1 atom stereocenters. The van der Waals surface area contributed by atoms with E-state index in [0.717, 1.165) is 49.3 Å². The Kier molecular flexibility index (Phi) is 5.71. The predicted octanol–water partition coefficient (Wildman–Crippen LogP) is 1.64. The quantitative estimate of drug-likeness (QED) is 0.545. The van der Waals surface area contributed by atoms with Gasteiger partial charge in [0.05, 0.1) is 13.7 Å². The summed E-state index contributed by atoms with van der Waals surface area (Å²) in [5.74, 6) is 3.53. The third-order valence-electron chi connectivity index (χ3n) is 5.89. The van der Waals surface area contributed by atoms with Crippen LogP contribution in [0.25, 0.3) is 0 Å². The predicted molar refractivity (Wildman–Crippen MR) is 111 cm³/mol. The fraction of sp³-hybridized carbons (Fsp3) is 0.571. The van der Waals surface area contributed by atoms with Crippen molar-refractivity contribution in [2.24, 2.45) is 4.99 Å². The molecule has 0 radical (unpaired) electrons. The van der Waals surface area contributed by atoms with Crippen molar-refractivity contribution in [2.75, 3.05) is 27.8 Å². The molecule has 0 bridgehead atoms. The number of methoxy groups -OCH3 is 2. The van der Waals surface area contributed by atoms with Crippen molar-refractivity contribution in [3.8, 4) is 5.75 Å². The number of hydrogen-bond acceptors (Lipinski definition) is 5. The Balaban J connectivity index is 1.33. The number of fused-ring (bicyclic) bond motifs is 1. The van der Waals surface area contributed by atoms with Gasteiger partial charge in [0.25, 0.3) is 0 Å². The van der Waals surface area contributed by atoms with Gasteiger partial charge in [0, 0.05) is 38.6 Å². The molecule has 0 spiro atoms. The van der Waals surface area contributed by atoms with Crippen LogP contribution >= 0.6 is 0 Å². The van der Waals surface area contributed by atoms with Gasteiger partial charge < -0.3 is 20.1 Å². The van der Waals surface area contributed by atoms with Crippen LogP contribution in [0.2, 0.25) is 0 Å². The van der Waals surface area contributed by atoms with Crippen molar-refractivity contribution in [1.29, 1.82) is 0 Å². The van der Waals surface area contributed by atoms with E-state index in [1.165, 1.54) is 18.4 Å². The molecule has 1 aromatic carbocycles. The Morgan fingerprint density at radius 2 is 2.07 bits per heavy atom. The van der Waals surface area contributed by atoms with Crippen LogP contribution in [-0.2, 0) is 29.7 Å². The van der Waals surface area contributed by atoms with Gasteiger partial charge in [-0.1, -0.05) is 12.1 Å². The topological polar surface area (TPSA) is 85.6 Å². The van der Waals surface area contributed by atoms with Crippen molar-refractivity contribution in [3.63, 3.8) is 0 Å². The van der Waals surface area contributed by atoms with Gasteiger partial charge in [-0.2, -0.15) is 5.10 Å². The molecule has 1 aliphatic heterocycles. The zero-order chi connectivity index (χ0) is 20.3. The molecule has 8 heteroatoms. The average Bonchev–Trinajstić information content (AvgIpc) is 3.44. The number of rotatable bonds is 7. The summed E-state index contributed by atoms with van der Waals surface area (Å²) in [7, 11) is 5.19. The molecule has 2 heterocycles. The second kappa shape index (κ2) is 8.41. The maximum Gasteiger partial charge on any atom is 0.191 e. The Morgan fingerprint density at radius 1 is 1.28 bits per heavy atom. The highest BCUT2D eigenvalue weighted by Crippen LogP contribution is 2.47. The monoisotopic (exact) mass is 398 g/mol. The minimum atomic E-state index is 0.199. The van der Waals surface area contributed by atoms with Crippen molar-refractivity contribution in [2.45, 2.75) is 50.3 Å². The standard InChI is InChI=1S/C21H30N6O2/c1-22-20(23-14-21(10-11-21)15-4-7-17(29-3)8-5-15)24-16-6-9-19-25-18(13-28-2)26-27(19)12-16/h4-5,7-8,16H,6,9-14H2,1-3H3,(H2,22,23,24). The van der Waals surface area contributed by atoms with Crippen molar-refractivity contribution in [1.82, 2.24) is 25.4 Å². The summed E-state index contributed by atoms with van der Waals surface area (Å²) in [5, 5.41) is 11.6. The number of aryl methyl sites for hydroxylation is 1. The number of benzene rings is 1. The Hall–Kier alpha value is -2.61. The van der Waals surface area contributed by atoms with Gasteiger partial charge in [0.15, 0.2) is 11.8 Å². The van der Waals surface area contributed by atoms with Gasteiger partial charge >= 0.3 is 0 Å². The van der Waals surface area contributed by atoms with Crippen LogP contribution in [0.4, 0.5) is 0 Å². The highest BCUT2D eigenvalue weighted by atomic mass is 16.5. The second-order valence-corrected chi connectivity index (χ2v) is 7.87. The van der Waals surface area contributed by atoms with Crippen LogP contribution in [-0.4, -0.2) is 54.6 Å². The fourth-order valence-corrected chi connectivity index (χ4v) is 3.97. The largest absolute Gasteiger partial charge is 0.497 e. The number of aromatic nitrogens is 3. The fourth-order valence-electron chi connectivity index (χ4n) is 3.97. The molecule has 156 valence electrons. The van der Waals surface area contributed by atoms with Gasteiger partial charge in [0.1, 0.15) is 18.2 Å². The van der Waals surface area contributed by atoms with E-state index in [-0.39, 0.29) is 11.5 Å². The molecular weight excluding hydrogens is 368 g/mol. The molecule has 1 aromatic heterocycles. The first-order valence-corrected chi connectivity index (χ1v) is 10.2. The van der Waals surface area contributed by atoms with Gasteiger partial charge in [0.2, 0.25) is 0 Å². The van der Waals surface area contributed by atoms with Crippen LogP contribution in [0.5, 0.6) is 5.75 Å². The van der Waals surface area contributed by atoms with E-state index < -0.39 is 0 Å². The zero-order valence-corrected chi connectivity index (χ0v) is 17.4. The van der Waals surface area contributed by atoms with Crippen molar-refractivity contribution >= 4 is 5.96 Å². The van der Waals surface area contributed by atoms with E-state index in [2.05, 4.69) is 37.8 Å². The van der Waals surface area contributed by atoms with Crippen molar-refractivity contribution in [3.05, 3.63) is 41.5 Å². The lowest BCUT2D eigenvalue weighted by atomic mass is 9.96. The third kappa shape index (κ3) is 4.37. The summed E-state index contributed by atoms with van der Waals surface area (Å²) >= 11 is 0.